The molecular weight excluding hydrogens is 286 g/mol. The Labute approximate surface area is 137 Å². The number of hydrogen-bond acceptors (Lipinski definition) is 2. The lowest BCUT2D eigenvalue weighted by Gasteiger charge is -2.19. The smallest absolute Gasteiger partial charge is 0.244 e. The molecule has 2 aromatic carbocycles. The van der Waals surface area contributed by atoms with Gasteiger partial charge in [-0.2, -0.15) is 0 Å². The van der Waals surface area contributed by atoms with Crippen LogP contribution in [0, 0.1) is 0 Å². The molecule has 0 saturated carbocycles. The van der Waals surface area contributed by atoms with Gasteiger partial charge in [-0.15, -0.1) is 0 Å². The van der Waals surface area contributed by atoms with Crippen molar-refractivity contribution in [1.29, 1.82) is 0 Å². The molecule has 0 fully saturated rings. The minimum Gasteiger partial charge on any atom is -0.487 e. The summed E-state index contributed by atoms with van der Waals surface area (Å²) in [5, 5.41) is 2.91. The van der Waals surface area contributed by atoms with Crippen LogP contribution in [-0.2, 0) is 4.79 Å². The summed E-state index contributed by atoms with van der Waals surface area (Å²) in [7, 11) is 0. The molecule has 2 unspecified atom stereocenters. The van der Waals surface area contributed by atoms with E-state index in [0.717, 1.165) is 22.4 Å². The van der Waals surface area contributed by atoms with E-state index in [-0.39, 0.29) is 17.9 Å². The third-order valence-electron chi connectivity index (χ3n) is 4.11. The fourth-order valence-corrected chi connectivity index (χ4v) is 3.18. The van der Waals surface area contributed by atoms with Gasteiger partial charge in [-0.05, 0) is 17.2 Å². The summed E-state index contributed by atoms with van der Waals surface area (Å²) in [6.45, 7) is 4.53. The number of carbonyl (C=O) groups is 1. The van der Waals surface area contributed by atoms with E-state index in [9.17, 15) is 4.79 Å². The summed E-state index contributed by atoms with van der Waals surface area (Å²) in [6.07, 6.45) is 1.67. The summed E-state index contributed by atoms with van der Waals surface area (Å²) in [6, 6.07) is 18.1. The summed E-state index contributed by atoms with van der Waals surface area (Å²) in [5.74, 6) is 0.970. The fourth-order valence-electron chi connectivity index (χ4n) is 3.18. The van der Waals surface area contributed by atoms with Crippen molar-refractivity contribution in [2.45, 2.75) is 25.9 Å². The van der Waals surface area contributed by atoms with Gasteiger partial charge in [0.1, 0.15) is 11.9 Å². The van der Waals surface area contributed by atoms with Crippen LogP contribution < -0.4 is 10.1 Å². The molecule has 2 atom stereocenters. The van der Waals surface area contributed by atoms with Gasteiger partial charge in [0.25, 0.3) is 0 Å². The predicted molar refractivity (Wildman–Crippen MR) is 92.4 cm³/mol. The molecule has 0 radical (unpaired) electrons. The van der Waals surface area contributed by atoms with Crippen LogP contribution in [0.15, 0.2) is 60.7 Å². The Morgan fingerprint density at radius 1 is 1.00 bits per heavy atom. The standard InChI is InChI=1S/C18H15NO2.C2H6/c20-17-10-14(12-6-2-1-3-7-12)18-13-8-4-5-9-15(13)21-16(18)11-19-17;1-2/h1-10,16,18H,11H2,(H,19,20);1-2H3. The largest absolute Gasteiger partial charge is 0.487 e. The van der Waals surface area contributed by atoms with Crippen molar-refractivity contribution in [2.24, 2.45) is 0 Å². The number of hydrogen-bond donors (Lipinski definition) is 1. The highest BCUT2D eigenvalue weighted by molar-refractivity contribution is 5.97. The van der Waals surface area contributed by atoms with Gasteiger partial charge in [0.2, 0.25) is 5.91 Å². The van der Waals surface area contributed by atoms with E-state index in [1.54, 1.807) is 6.08 Å². The fraction of sp³-hybridized carbons (Fsp3) is 0.250. The van der Waals surface area contributed by atoms with Crippen LogP contribution in [0.5, 0.6) is 5.75 Å². The monoisotopic (exact) mass is 307 g/mol. The molecule has 23 heavy (non-hydrogen) atoms. The SMILES string of the molecule is CC.O=C1C=C(c2ccccc2)C2c3ccccc3OC2CN1. The molecule has 0 aromatic heterocycles. The molecule has 4 rings (SSSR count). The van der Waals surface area contributed by atoms with Gasteiger partial charge < -0.3 is 10.1 Å². The molecule has 2 heterocycles. The molecule has 2 aromatic rings. The maximum Gasteiger partial charge on any atom is 0.244 e. The van der Waals surface area contributed by atoms with Crippen LogP contribution in [0.25, 0.3) is 5.57 Å². The number of carbonyl (C=O) groups excluding carboxylic acids is 1. The average molecular weight is 307 g/mol. The highest BCUT2D eigenvalue weighted by Gasteiger charge is 2.38. The first-order valence-electron chi connectivity index (χ1n) is 8.13. The Morgan fingerprint density at radius 2 is 1.70 bits per heavy atom. The van der Waals surface area contributed by atoms with Crippen LogP contribution in [0.3, 0.4) is 0 Å². The highest BCUT2D eigenvalue weighted by atomic mass is 16.5. The second kappa shape index (κ2) is 6.69. The third-order valence-corrected chi connectivity index (χ3v) is 4.11. The van der Waals surface area contributed by atoms with Crippen LogP contribution >= 0.6 is 0 Å². The van der Waals surface area contributed by atoms with Crippen LogP contribution in [0.2, 0.25) is 0 Å². The second-order valence-electron chi connectivity index (χ2n) is 5.38. The van der Waals surface area contributed by atoms with Crippen LogP contribution in [0.1, 0.15) is 30.9 Å². The van der Waals surface area contributed by atoms with E-state index in [0.29, 0.717) is 6.54 Å². The van der Waals surface area contributed by atoms with Gasteiger partial charge in [0.15, 0.2) is 0 Å². The topological polar surface area (TPSA) is 38.3 Å². The molecule has 1 N–H and O–H groups in total. The highest BCUT2D eigenvalue weighted by Crippen LogP contribution is 2.46. The molecule has 0 aliphatic carbocycles. The van der Waals surface area contributed by atoms with E-state index in [1.165, 1.54) is 0 Å². The number of benzene rings is 2. The predicted octanol–water partition coefficient (Wildman–Crippen LogP) is 3.77. The average Bonchev–Trinajstić information content (AvgIpc) is 2.90. The van der Waals surface area contributed by atoms with Gasteiger partial charge in [-0.25, -0.2) is 0 Å². The Balaban J connectivity index is 0.000000753. The number of rotatable bonds is 1. The second-order valence-corrected chi connectivity index (χ2v) is 5.38. The zero-order valence-corrected chi connectivity index (χ0v) is 13.5. The number of fused-ring (bicyclic) bond motifs is 3. The van der Waals surface area contributed by atoms with Crippen molar-refractivity contribution in [3.05, 3.63) is 71.8 Å². The number of para-hydroxylation sites is 1. The van der Waals surface area contributed by atoms with Crippen molar-refractivity contribution in [3.8, 4) is 5.75 Å². The number of nitrogens with one attached hydrogen (secondary N) is 1. The van der Waals surface area contributed by atoms with Gasteiger partial charge in [-0.3, -0.25) is 4.79 Å². The van der Waals surface area contributed by atoms with Crippen molar-refractivity contribution in [1.82, 2.24) is 5.32 Å². The molecule has 1 amide bonds. The van der Waals surface area contributed by atoms with Crippen molar-refractivity contribution >= 4 is 11.5 Å². The molecular formula is C20H21NO2. The maximum absolute atomic E-state index is 12.0. The zero-order valence-electron chi connectivity index (χ0n) is 13.5. The zero-order chi connectivity index (χ0) is 16.2. The molecule has 0 bridgehead atoms. The van der Waals surface area contributed by atoms with Gasteiger partial charge in [-0.1, -0.05) is 62.4 Å². The molecule has 2 aliphatic heterocycles. The lowest BCUT2D eigenvalue weighted by molar-refractivity contribution is -0.116. The molecule has 118 valence electrons. The first kappa shape index (κ1) is 15.3. The van der Waals surface area contributed by atoms with Gasteiger partial charge >= 0.3 is 0 Å². The Kier molecular flexibility index (Phi) is 4.47. The van der Waals surface area contributed by atoms with Crippen molar-refractivity contribution in [2.75, 3.05) is 6.54 Å². The van der Waals surface area contributed by atoms with E-state index in [1.807, 2.05) is 62.4 Å². The molecule has 3 nitrogen and oxygen atoms in total. The summed E-state index contributed by atoms with van der Waals surface area (Å²) < 4.78 is 6.04. The van der Waals surface area contributed by atoms with E-state index in [2.05, 4.69) is 11.4 Å². The Bertz CT molecular complexity index is 721. The van der Waals surface area contributed by atoms with Crippen LogP contribution in [-0.4, -0.2) is 18.6 Å². The number of ether oxygens (including phenoxy) is 1. The van der Waals surface area contributed by atoms with E-state index < -0.39 is 0 Å². The first-order valence-corrected chi connectivity index (χ1v) is 8.13. The maximum atomic E-state index is 12.0. The number of amides is 1. The quantitative estimate of drug-likeness (QED) is 0.871. The van der Waals surface area contributed by atoms with Gasteiger partial charge in [0.05, 0.1) is 12.5 Å². The molecule has 0 spiro atoms. The van der Waals surface area contributed by atoms with Crippen molar-refractivity contribution in [3.63, 3.8) is 0 Å². The molecule has 3 heteroatoms. The molecule has 0 saturated heterocycles. The molecule has 2 aliphatic rings. The van der Waals surface area contributed by atoms with E-state index in [4.69, 9.17) is 4.74 Å². The Morgan fingerprint density at radius 3 is 2.48 bits per heavy atom. The summed E-state index contributed by atoms with van der Waals surface area (Å²) >= 11 is 0. The third kappa shape index (κ3) is 2.87. The lowest BCUT2D eigenvalue weighted by Crippen LogP contribution is -2.33. The summed E-state index contributed by atoms with van der Waals surface area (Å²) in [4.78, 5) is 12.0. The van der Waals surface area contributed by atoms with Crippen molar-refractivity contribution < 1.29 is 9.53 Å². The van der Waals surface area contributed by atoms with E-state index >= 15 is 0 Å². The summed E-state index contributed by atoms with van der Waals surface area (Å²) in [5.41, 5.74) is 3.26. The minimum atomic E-state index is -0.0515. The Hall–Kier alpha value is -2.55. The minimum absolute atomic E-state index is 0.0414. The van der Waals surface area contributed by atoms with Crippen LogP contribution in [0.4, 0.5) is 0 Å². The first-order chi connectivity index (χ1) is 11.3. The van der Waals surface area contributed by atoms with Gasteiger partial charge in [0, 0.05) is 11.6 Å². The lowest BCUT2D eigenvalue weighted by atomic mass is 9.84. The normalized spacial score (nSPS) is 21.5.